The van der Waals surface area contributed by atoms with E-state index >= 15 is 0 Å². The number of nitrogens with two attached hydrogens (primary N) is 1. The first kappa shape index (κ1) is 35.9. The van der Waals surface area contributed by atoms with Gasteiger partial charge in [0.05, 0.1) is 16.7 Å². The van der Waals surface area contributed by atoms with Crippen molar-refractivity contribution in [3.8, 4) is 16.8 Å². The zero-order chi connectivity index (χ0) is 41.0. The van der Waals surface area contributed by atoms with Crippen LogP contribution in [0, 0.1) is 12.3 Å². The van der Waals surface area contributed by atoms with Crippen molar-refractivity contribution in [3.63, 3.8) is 0 Å². The zero-order valence-corrected chi connectivity index (χ0v) is 33.3. The molecule has 0 bridgehead atoms. The van der Waals surface area contributed by atoms with Crippen LogP contribution in [0.3, 0.4) is 0 Å². The van der Waals surface area contributed by atoms with E-state index in [1.807, 2.05) is 91.0 Å². The third-order valence-electron chi connectivity index (χ3n) is 11.6. The van der Waals surface area contributed by atoms with Crippen molar-refractivity contribution in [2.75, 3.05) is 0 Å². The second kappa shape index (κ2) is 14.6. The van der Waals surface area contributed by atoms with Crippen LogP contribution >= 0.6 is 0 Å². The quantitative estimate of drug-likeness (QED) is 0.137. The Hall–Kier alpha value is -8.22. The number of hydrogen-bond donors (Lipinski definition) is 2. The van der Waals surface area contributed by atoms with E-state index < -0.39 is 0 Å². The van der Waals surface area contributed by atoms with E-state index in [1.165, 1.54) is 16.3 Å². The Morgan fingerprint density at radius 3 is 1.90 bits per heavy atom. The number of hydrogen-bond acceptors (Lipinski definition) is 3. The minimum absolute atomic E-state index is 0.0971. The number of amidine groups is 2. The SMILES string of the molecule is Cc1ccccc1.N=C(N=C(N)c1cccc2oc3ccc(-c4cc(-n5c6ccccc6c6ccccc65)cc5oc6ccccc6c45)cc3c12)c1ccc2ccccc2c1. The summed E-state index contributed by atoms with van der Waals surface area (Å²) in [5, 5.41) is 17.3. The summed E-state index contributed by atoms with van der Waals surface area (Å²) >= 11 is 0. The van der Waals surface area contributed by atoms with E-state index in [4.69, 9.17) is 20.0 Å². The van der Waals surface area contributed by atoms with Crippen LogP contribution in [0.25, 0.3) is 93.3 Å². The topological polar surface area (TPSA) is 93.4 Å². The first-order valence-corrected chi connectivity index (χ1v) is 20.3. The summed E-state index contributed by atoms with van der Waals surface area (Å²) in [5.41, 5.74) is 17.9. The van der Waals surface area contributed by atoms with E-state index in [0.717, 1.165) is 76.9 Å². The number of fused-ring (bicyclic) bond motifs is 10. The number of furan rings is 2. The molecule has 3 N–H and O–H groups in total. The third-order valence-corrected chi connectivity index (χ3v) is 11.6. The average molecular weight is 787 g/mol. The van der Waals surface area contributed by atoms with Gasteiger partial charge in [-0.25, -0.2) is 4.99 Å². The van der Waals surface area contributed by atoms with Gasteiger partial charge in [0.25, 0.3) is 0 Å². The van der Waals surface area contributed by atoms with Crippen molar-refractivity contribution in [2.24, 2.45) is 10.7 Å². The molecule has 0 aliphatic carbocycles. The Labute approximate surface area is 350 Å². The number of nitrogens with zero attached hydrogens (tertiary/aromatic N) is 2. The van der Waals surface area contributed by atoms with E-state index in [2.05, 4.69) is 120 Å². The van der Waals surface area contributed by atoms with Crippen molar-refractivity contribution in [2.45, 2.75) is 6.92 Å². The van der Waals surface area contributed by atoms with Gasteiger partial charge in [-0.15, -0.1) is 0 Å². The monoisotopic (exact) mass is 786 g/mol. The molecule has 290 valence electrons. The maximum Gasteiger partial charge on any atom is 0.154 e. The van der Waals surface area contributed by atoms with Gasteiger partial charge in [0, 0.05) is 49.5 Å². The molecule has 6 heteroatoms. The summed E-state index contributed by atoms with van der Waals surface area (Å²) in [6.07, 6.45) is 0. The first-order valence-electron chi connectivity index (χ1n) is 20.3. The lowest BCUT2D eigenvalue weighted by Crippen LogP contribution is -2.16. The number of rotatable bonds is 4. The summed E-state index contributed by atoms with van der Waals surface area (Å²) in [7, 11) is 0. The summed E-state index contributed by atoms with van der Waals surface area (Å²) in [4.78, 5) is 4.62. The number of aryl methyl sites for hydroxylation is 1. The van der Waals surface area contributed by atoms with Gasteiger partial charge in [0.1, 0.15) is 28.2 Å². The van der Waals surface area contributed by atoms with Gasteiger partial charge in [0.2, 0.25) is 0 Å². The van der Waals surface area contributed by atoms with Crippen molar-refractivity contribution in [1.82, 2.24) is 4.57 Å². The normalized spacial score (nSPS) is 11.9. The molecule has 0 spiro atoms. The molecule has 9 aromatic carbocycles. The predicted molar refractivity (Wildman–Crippen MR) is 253 cm³/mol. The lowest BCUT2D eigenvalue weighted by atomic mass is 9.96. The summed E-state index contributed by atoms with van der Waals surface area (Å²) < 4.78 is 15.3. The molecule has 0 aliphatic rings. The third kappa shape index (κ3) is 6.21. The number of aromatic nitrogens is 1. The molecule has 3 heterocycles. The number of benzene rings is 9. The lowest BCUT2D eigenvalue weighted by molar-refractivity contribution is 0.668. The highest BCUT2D eigenvalue weighted by Gasteiger charge is 2.20. The van der Waals surface area contributed by atoms with Crippen LogP contribution in [0.5, 0.6) is 0 Å². The fourth-order valence-electron chi connectivity index (χ4n) is 8.72. The molecule has 12 rings (SSSR count). The molecule has 0 fully saturated rings. The summed E-state index contributed by atoms with van der Waals surface area (Å²) in [6.45, 7) is 2.08. The van der Waals surface area contributed by atoms with Gasteiger partial charge in [-0.3, -0.25) is 5.41 Å². The zero-order valence-electron chi connectivity index (χ0n) is 33.3. The minimum Gasteiger partial charge on any atom is -0.456 e. The highest BCUT2D eigenvalue weighted by Crippen LogP contribution is 2.42. The van der Waals surface area contributed by atoms with Crippen LogP contribution in [0.2, 0.25) is 0 Å². The fraction of sp³-hybridized carbons (Fsp3) is 0.0182. The molecule has 61 heavy (non-hydrogen) atoms. The Kier molecular flexibility index (Phi) is 8.57. The maximum atomic E-state index is 8.87. The van der Waals surface area contributed by atoms with Crippen LogP contribution < -0.4 is 5.73 Å². The van der Waals surface area contributed by atoms with E-state index in [-0.39, 0.29) is 11.7 Å². The molecule has 0 saturated carbocycles. The molecular weight excluding hydrogens is 749 g/mol. The molecule has 0 saturated heterocycles. The molecule has 12 aromatic rings. The maximum absolute atomic E-state index is 8.87. The van der Waals surface area contributed by atoms with E-state index in [1.54, 1.807) is 0 Å². The van der Waals surface area contributed by atoms with Crippen LogP contribution in [0.15, 0.2) is 208 Å². The van der Waals surface area contributed by atoms with Crippen LogP contribution in [-0.4, -0.2) is 16.2 Å². The molecule has 0 amide bonds. The van der Waals surface area contributed by atoms with Gasteiger partial charge in [-0.05, 0) is 77.4 Å². The Morgan fingerprint density at radius 1 is 0.508 bits per heavy atom. The standard InChI is InChI=1S/C48H30N4O2.C7H8/c49-47(31-21-20-28-10-1-2-11-29(28)24-31)51-48(50)36-15-9-19-43-46(36)38-25-30(22-23-42(38)53-43)37-26-32(27-44-45(37)35-14-5-8-18-41(35)54-44)52-39-16-6-3-12-33(39)34-13-4-7-17-40(34)52;1-7-5-3-2-4-6-7/h1-27H,(H3,49,50,51);2-6H,1H3. The fourth-order valence-corrected chi connectivity index (χ4v) is 8.72. The second-order valence-corrected chi connectivity index (χ2v) is 15.4. The number of nitrogens with one attached hydrogen (secondary N) is 1. The van der Waals surface area contributed by atoms with E-state index in [9.17, 15) is 0 Å². The lowest BCUT2D eigenvalue weighted by Gasteiger charge is -2.12. The minimum atomic E-state index is 0.0971. The molecule has 0 atom stereocenters. The van der Waals surface area contributed by atoms with Gasteiger partial charge in [-0.1, -0.05) is 145 Å². The number of aliphatic imine (C=N–C) groups is 1. The highest BCUT2D eigenvalue weighted by atomic mass is 16.3. The van der Waals surface area contributed by atoms with Crippen molar-refractivity contribution in [1.29, 1.82) is 5.41 Å². The van der Waals surface area contributed by atoms with E-state index in [0.29, 0.717) is 16.7 Å². The van der Waals surface area contributed by atoms with Gasteiger partial charge >= 0.3 is 0 Å². The Balaban J connectivity index is 0.000000549. The highest BCUT2D eigenvalue weighted by molar-refractivity contribution is 6.22. The molecule has 0 radical (unpaired) electrons. The molecule has 3 aromatic heterocycles. The molecule has 0 aliphatic heterocycles. The Bertz CT molecular complexity index is 3650. The second-order valence-electron chi connectivity index (χ2n) is 15.4. The molecular formula is C55H38N4O2. The first-order chi connectivity index (χ1) is 30.0. The number of para-hydroxylation sites is 3. The summed E-state index contributed by atoms with van der Waals surface area (Å²) in [6, 6.07) is 66.1. The summed E-state index contributed by atoms with van der Waals surface area (Å²) in [5.74, 6) is 0.350. The predicted octanol–water partition coefficient (Wildman–Crippen LogP) is 14.1. The molecule has 0 unspecified atom stereocenters. The largest absolute Gasteiger partial charge is 0.456 e. The van der Waals surface area contributed by atoms with Gasteiger partial charge in [-0.2, -0.15) is 0 Å². The van der Waals surface area contributed by atoms with Crippen molar-refractivity contribution >= 4 is 88.1 Å². The van der Waals surface area contributed by atoms with Gasteiger partial charge < -0.3 is 19.1 Å². The van der Waals surface area contributed by atoms with Gasteiger partial charge in [0.15, 0.2) is 5.84 Å². The van der Waals surface area contributed by atoms with Crippen LogP contribution in [0.1, 0.15) is 16.7 Å². The smallest absolute Gasteiger partial charge is 0.154 e. The molecule has 6 nitrogen and oxygen atoms in total. The Morgan fingerprint density at radius 2 is 1.15 bits per heavy atom. The van der Waals surface area contributed by atoms with Crippen molar-refractivity contribution < 1.29 is 8.83 Å². The van der Waals surface area contributed by atoms with Crippen molar-refractivity contribution in [3.05, 3.63) is 211 Å². The average Bonchev–Trinajstić information content (AvgIpc) is 3.98. The van der Waals surface area contributed by atoms with Crippen LogP contribution in [0.4, 0.5) is 0 Å². The van der Waals surface area contributed by atoms with Crippen LogP contribution in [-0.2, 0) is 0 Å².